The van der Waals surface area contributed by atoms with Crippen molar-refractivity contribution in [3.8, 4) is 5.75 Å². The normalized spacial score (nSPS) is 30.0. The van der Waals surface area contributed by atoms with Gasteiger partial charge in [-0.25, -0.2) is 0 Å². The summed E-state index contributed by atoms with van der Waals surface area (Å²) in [5.41, 5.74) is 0.924. The van der Waals surface area contributed by atoms with Crippen molar-refractivity contribution in [3.63, 3.8) is 0 Å². The van der Waals surface area contributed by atoms with E-state index in [-0.39, 0.29) is 6.61 Å². The molecule has 1 saturated heterocycles. The molecule has 1 N–H and O–H groups in total. The van der Waals surface area contributed by atoms with Crippen LogP contribution in [0.25, 0.3) is 0 Å². The molecule has 0 radical (unpaired) electrons. The highest BCUT2D eigenvalue weighted by atomic mass is 16.7. The molecule has 1 aliphatic heterocycles. The van der Waals surface area contributed by atoms with E-state index >= 15 is 0 Å². The zero-order valence-electron chi connectivity index (χ0n) is 14.3. The largest absolute Gasteiger partial charge is 0.497 e. The molecule has 0 aliphatic carbocycles. The Labute approximate surface area is 141 Å². The molecule has 0 amide bonds. The van der Waals surface area contributed by atoms with E-state index in [1.54, 1.807) is 14.0 Å². The lowest BCUT2D eigenvalue weighted by Gasteiger charge is -2.42. The fourth-order valence-electron chi connectivity index (χ4n) is 2.65. The van der Waals surface area contributed by atoms with Gasteiger partial charge in [0, 0.05) is 14.0 Å². The van der Waals surface area contributed by atoms with Gasteiger partial charge in [0.1, 0.15) is 18.0 Å². The maximum atomic E-state index is 11.2. The van der Waals surface area contributed by atoms with Crippen LogP contribution in [0.4, 0.5) is 0 Å². The molecular weight excluding hydrogens is 316 g/mol. The first-order valence-corrected chi connectivity index (χ1v) is 7.74. The summed E-state index contributed by atoms with van der Waals surface area (Å²) in [6.07, 6.45) is -3.90. The number of hydrogen-bond acceptors (Lipinski definition) is 7. The van der Waals surface area contributed by atoms with Gasteiger partial charge in [0.25, 0.3) is 0 Å². The van der Waals surface area contributed by atoms with Crippen molar-refractivity contribution in [1.82, 2.24) is 0 Å². The van der Waals surface area contributed by atoms with Gasteiger partial charge < -0.3 is 28.8 Å². The first-order chi connectivity index (χ1) is 11.5. The molecule has 1 aromatic carbocycles. The summed E-state index contributed by atoms with van der Waals surface area (Å²) in [6.45, 7) is 3.33. The van der Waals surface area contributed by atoms with Gasteiger partial charge in [-0.05, 0) is 24.6 Å². The Kier molecular flexibility index (Phi) is 6.56. The molecule has 1 heterocycles. The van der Waals surface area contributed by atoms with Gasteiger partial charge in [0.2, 0.25) is 0 Å². The summed E-state index contributed by atoms with van der Waals surface area (Å²) < 4.78 is 26.9. The molecule has 1 fully saturated rings. The average molecular weight is 340 g/mol. The van der Waals surface area contributed by atoms with E-state index in [1.165, 1.54) is 14.0 Å². The van der Waals surface area contributed by atoms with Crippen LogP contribution in [-0.4, -0.2) is 56.0 Å². The molecule has 2 rings (SSSR count). The number of ether oxygens (including phenoxy) is 5. The van der Waals surface area contributed by atoms with Crippen molar-refractivity contribution >= 4 is 5.97 Å². The number of rotatable bonds is 6. The van der Waals surface area contributed by atoms with E-state index < -0.39 is 36.7 Å². The lowest BCUT2D eigenvalue weighted by atomic mass is 9.99. The molecule has 1 aliphatic rings. The molecule has 7 heteroatoms. The number of methoxy groups -OCH3 is 2. The first-order valence-electron chi connectivity index (χ1n) is 7.74. The third kappa shape index (κ3) is 4.45. The Hall–Kier alpha value is -1.67. The molecule has 5 atom stereocenters. The second-order valence-corrected chi connectivity index (χ2v) is 5.63. The predicted molar refractivity (Wildman–Crippen MR) is 84.5 cm³/mol. The quantitative estimate of drug-likeness (QED) is 0.781. The Bertz CT molecular complexity index is 530. The van der Waals surface area contributed by atoms with Crippen molar-refractivity contribution in [1.29, 1.82) is 0 Å². The minimum absolute atomic E-state index is 0.282. The third-order valence-electron chi connectivity index (χ3n) is 3.89. The summed E-state index contributed by atoms with van der Waals surface area (Å²) >= 11 is 0. The molecule has 0 saturated carbocycles. The fraction of sp³-hybridized carbons (Fsp3) is 0.588. The van der Waals surface area contributed by atoms with Crippen LogP contribution in [0.15, 0.2) is 24.3 Å². The topological polar surface area (TPSA) is 83.5 Å². The zero-order valence-corrected chi connectivity index (χ0v) is 14.3. The van der Waals surface area contributed by atoms with Crippen LogP contribution in [0.5, 0.6) is 5.75 Å². The number of hydrogen-bond donors (Lipinski definition) is 1. The van der Waals surface area contributed by atoms with E-state index in [4.69, 9.17) is 23.7 Å². The van der Waals surface area contributed by atoms with Crippen LogP contribution in [0.2, 0.25) is 0 Å². The van der Waals surface area contributed by atoms with E-state index in [0.717, 1.165) is 11.3 Å². The number of carbonyl (C=O) groups excluding carboxylic acids is 1. The van der Waals surface area contributed by atoms with E-state index in [1.807, 2.05) is 24.3 Å². The molecular formula is C17H24O7. The maximum absolute atomic E-state index is 11.2. The molecule has 1 aromatic rings. The van der Waals surface area contributed by atoms with Crippen LogP contribution < -0.4 is 4.74 Å². The monoisotopic (exact) mass is 340 g/mol. The summed E-state index contributed by atoms with van der Waals surface area (Å²) in [6, 6.07) is 7.42. The highest BCUT2D eigenvalue weighted by Gasteiger charge is 2.46. The Balaban J connectivity index is 2.02. The maximum Gasteiger partial charge on any atom is 0.303 e. The zero-order chi connectivity index (χ0) is 17.7. The minimum Gasteiger partial charge on any atom is -0.497 e. The van der Waals surface area contributed by atoms with Gasteiger partial charge in [0.15, 0.2) is 12.4 Å². The van der Waals surface area contributed by atoms with Crippen molar-refractivity contribution in [3.05, 3.63) is 29.8 Å². The highest BCUT2D eigenvalue weighted by molar-refractivity contribution is 5.66. The Morgan fingerprint density at radius 2 is 1.88 bits per heavy atom. The summed E-state index contributed by atoms with van der Waals surface area (Å²) in [5.74, 6) is 0.235. The van der Waals surface area contributed by atoms with Crippen LogP contribution in [0.1, 0.15) is 19.4 Å². The number of aliphatic hydroxyl groups is 1. The van der Waals surface area contributed by atoms with Crippen LogP contribution in [0, 0.1) is 0 Å². The summed E-state index contributed by atoms with van der Waals surface area (Å²) in [5, 5.41) is 10.5. The van der Waals surface area contributed by atoms with E-state index in [9.17, 15) is 9.90 Å². The van der Waals surface area contributed by atoms with Crippen molar-refractivity contribution in [2.24, 2.45) is 0 Å². The van der Waals surface area contributed by atoms with Crippen molar-refractivity contribution in [2.45, 2.75) is 51.2 Å². The molecule has 0 spiro atoms. The minimum atomic E-state index is -1.05. The van der Waals surface area contributed by atoms with Gasteiger partial charge in [-0.2, -0.15) is 0 Å². The SMILES string of the molecule is COc1ccc(CO[C@@H]2[C@@H](O)[C@@H](OC(C)=O)[C@H](OC)O[C@H]2C)cc1. The van der Waals surface area contributed by atoms with Crippen molar-refractivity contribution < 1.29 is 33.6 Å². The molecule has 0 aromatic heterocycles. The highest BCUT2D eigenvalue weighted by Crippen LogP contribution is 2.27. The molecule has 24 heavy (non-hydrogen) atoms. The van der Waals surface area contributed by atoms with Crippen LogP contribution in [0.3, 0.4) is 0 Å². The first kappa shape index (κ1) is 18.7. The van der Waals surface area contributed by atoms with E-state index in [2.05, 4.69) is 0 Å². The molecule has 134 valence electrons. The van der Waals surface area contributed by atoms with Gasteiger partial charge in [-0.3, -0.25) is 4.79 Å². The van der Waals surface area contributed by atoms with Gasteiger partial charge in [-0.1, -0.05) is 12.1 Å². The molecule has 7 nitrogen and oxygen atoms in total. The summed E-state index contributed by atoms with van der Waals surface area (Å²) in [4.78, 5) is 11.2. The van der Waals surface area contributed by atoms with Crippen LogP contribution in [-0.2, 0) is 30.3 Å². The number of carbonyl (C=O) groups is 1. The van der Waals surface area contributed by atoms with Gasteiger partial charge in [0.05, 0.1) is 19.8 Å². The second-order valence-electron chi connectivity index (χ2n) is 5.63. The smallest absolute Gasteiger partial charge is 0.303 e. The molecule has 0 unspecified atom stereocenters. The Morgan fingerprint density at radius 3 is 2.42 bits per heavy atom. The average Bonchev–Trinajstić information content (AvgIpc) is 2.57. The Morgan fingerprint density at radius 1 is 1.21 bits per heavy atom. The summed E-state index contributed by atoms with van der Waals surface area (Å²) in [7, 11) is 3.03. The lowest BCUT2D eigenvalue weighted by Crippen LogP contribution is -2.59. The number of esters is 1. The second kappa shape index (κ2) is 8.43. The standard InChI is InChI=1S/C17H24O7/c1-10-15(22-9-12-5-7-13(20-3)8-6-12)14(19)16(24-11(2)18)17(21-4)23-10/h5-8,10,14-17,19H,9H2,1-4H3/t10-,14+,15-,16+,17+/m0/s1. The third-order valence-corrected chi connectivity index (χ3v) is 3.89. The van der Waals surface area contributed by atoms with Gasteiger partial charge >= 0.3 is 5.97 Å². The molecule has 0 bridgehead atoms. The van der Waals surface area contributed by atoms with Crippen LogP contribution >= 0.6 is 0 Å². The van der Waals surface area contributed by atoms with Gasteiger partial charge in [-0.15, -0.1) is 0 Å². The number of aliphatic hydroxyl groups excluding tert-OH is 1. The van der Waals surface area contributed by atoms with Crippen molar-refractivity contribution in [2.75, 3.05) is 14.2 Å². The predicted octanol–water partition coefficient (Wildman–Crippen LogP) is 1.26. The fourth-order valence-corrected chi connectivity index (χ4v) is 2.65. The van der Waals surface area contributed by atoms with E-state index in [0.29, 0.717) is 0 Å². The number of benzene rings is 1. The lowest BCUT2D eigenvalue weighted by molar-refractivity contribution is -0.298.